The van der Waals surface area contributed by atoms with Crippen LogP contribution in [-0.2, 0) is 4.74 Å². The van der Waals surface area contributed by atoms with Gasteiger partial charge in [0.1, 0.15) is 0 Å². The van der Waals surface area contributed by atoms with Crippen molar-refractivity contribution >= 4 is 11.9 Å². The Balaban J connectivity index is 0.00000784. The molecule has 0 aliphatic heterocycles. The Kier molecular flexibility index (Phi) is 18.6. The third-order valence-electron chi connectivity index (χ3n) is 5.09. The van der Waals surface area contributed by atoms with E-state index < -0.39 is 11.9 Å². The fourth-order valence-electron chi connectivity index (χ4n) is 3.29. The van der Waals surface area contributed by atoms with Gasteiger partial charge in [-0.15, -0.1) is 0 Å². The molecule has 1 aromatic carbocycles. The summed E-state index contributed by atoms with van der Waals surface area (Å²) >= 11 is 0. The molecule has 0 radical (unpaired) electrons. The molecule has 4 nitrogen and oxygen atoms in total. The molecule has 0 atom stereocenters. The number of rotatable bonds is 17. The molecule has 0 spiro atoms. The van der Waals surface area contributed by atoms with E-state index in [2.05, 4.69) is 6.92 Å². The molecule has 158 valence electrons. The average molecular weight is 413 g/mol. The van der Waals surface area contributed by atoms with Crippen LogP contribution in [0.25, 0.3) is 0 Å². The maximum atomic E-state index is 11.9. The first kappa shape index (κ1) is 28.2. The van der Waals surface area contributed by atoms with Gasteiger partial charge in [-0.3, -0.25) is 0 Å². The molecule has 0 aliphatic carbocycles. The number of unbranched alkanes of at least 4 members (excludes halogenated alkanes) is 13. The molecule has 0 bridgehead atoms. The van der Waals surface area contributed by atoms with Crippen LogP contribution in [0, 0.1) is 0 Å². The van der Waals surface area contributed by atoms with Crippen molar-refractivity contribution in [1.29, 1.82) is 0 Å². The van der Waals surface area contributed by atoms with Crippen molar-refractivity contribution in [3.8, 4) is 0 Å². The van der Waals surface area contributed by atoms with Gasteiger partial charge in [0, 0.05) is 0 Å². The molecule has 0 aliphatic rings. The van der Waals surface area contributed by atoms with E-state index in [1.165, 1.54) is 101 Å². The summed E-state index contributed by atoms with van der Waals surface area (Å²) in [4.78, 5) is 22.6. The molecular weight excluding hydrogens is 375 g/mol. The normalized spacial score (nSPS) is 10.4. The Morgan fingerprint density at radius 2 is 1.07 bits per heavy atom. The first-order valence-corrected chi connectivity index (χ1v) is 11.1. The van der Waals surface area contributed by atoms with E-state index in [1.54, 1.807) is 0 Å². The fourth-order valence-corrected chi connectivity index (χ4v) is 3.29. The summed E-state index contributed by atoms with van der Waals surface area (Å²) in [5.74, 6) is -1.65. The van der Waals surface area contributed by atoms with Gasteiger partial charge in [-0.25, -0.2) is 4.79 Å². The topological polar surface area (TPSA) is 66.4 Å². The van der Waals surface area contributed by atoms with Crippen LogP contribution in [0.5, 0.6) is 0 Å². The van der Waals surface area contributed by atoms with Crippen LogP contribution in [-0.4, -0.2) is 18.5 Å². The number of carbonyl (C=O) groups excluding carboxylic acids is 2. The summed E-state index contributed by atoms with van der Waals surface area (Å²) < 4.78 is 5.23. The quantitative estimate of drug-likeness (QED) is 0.224. The average Bonchev–Trinajstić information content (AvgIpc) is 2.70. The van der Waals surface area contributed by atoms with Gasteiger partial charge >= 0.3 is 35.5 Å². The van der Waals surface area contributed by atoms with Crippen molar-refractivity contribution in [2.75, 3.05) is 6.61 Å². The monoisotopic (exact) mass is 412 g/mol. The third kappa shape index (κ3) is 14.7. The van der Waals surface area contributed by atoms with Crippen LogP contribution in [0.2, 0.25) is 0 Å². The largest absolute Gasteiger partial charge is 1.00 e. The maximum absolute atomic E-state index is 11.9. The molecule has 0 heterocycles. The van der Waals surface area contributed by atoms with Gasteiger partial charge in [-0.2, -0.15) is 0 Å². The smallest absolute Gasteiger partial charge is 0.545 e. The summed E-state index contributed by atoms with van der Waals surface area (Å²) in [6, 6.07) is 5.63. The molecule has 29 heavy (non-hydrogen) atoms. The fraction of sp³-hybridized carbons (Fsp3) is 0.667. The Bertz CT molecular complexity index is 542. The third-order valence-corrected chi connectivity index (χ3v) is 5.09. The number of aromatic carboxylic acids is 1. The molecule has 0 N–H and O–H groups in total. The molecule has 1 rings (SSSR count). The summed E-state index contributed by atoms with van der Waals surface area (Å²) in [6.07, 6.45) is 18.1. The van der Waals surface area contributed by atoms with Crippen LogP contribution < -0.4 is 34.7 Å². The molecule has 0 amide bonds. The first-order valence-electron chi connectivity index (χ1n) is 11.1. The summed E-state index contributed by atoms with van der Waals surface area (Å²) in [5, 5.41) is 10.7. The van der Waals surface area contributed by atoms with Crippen molar-refractivity contribution in [3.05, 3.63) is 35.4 Å². The number of esters is 1. The predicted octanol–water partition coefficient (Wildman–Crippen LogP) is 2.69. The molecule has 0 aromatic heterocycles. The van der Waals surface area contributed by atoms with Crippen LogP contribution in [0.15, 0.2) is 24.3 Å². The summed E-state index contributed by atoms with van der Waals surface area (Å²) in [6.45, 7) is 2.67. The Labute approximate surface area is 199 Å². The number of carboxylic acid groups (broad SMARTS) is 1. The van der Waals surface area contributed by atoms with Crippen molar-refractivity contribution < 1.29 is 49.0 Å². The number of hydrogen-bond donors (Lipinski definition) is 0. The zero-order chi connectivity index (χ0) is 20.5. The van der Waals surface area contributed by atoms with Crippen molar-refractivity contribution in [1.82, 2.24) is 0 Å². The van der Waals surface area contributed by atoms with Gasteiger partial charge in [0.15, 0.2) is 0 Å². The second-order valence-corrected chi connectivity index (χ2v) is 7.60. The minimum atomic E-state index is -1.25. The molecule has 1 aromatic rings. The molecule has 0 saturated heterocycles. The molecule has 0 saturated carbocycles. The number of hydrogen-bond acceptors (Lipinski definition) is 4. The Morgan fingerprint density at radius 3 is 1.48 bits per heavy atom. The van der Waals surface area contributed by atoms with E-state index in [0.29, 0.717) is 12.2 Å². The predicted molar refractivity (Wildman–Crippen MR) is 111 cm³/mol. The van der Waals surface area contributed by atoms with E-state index in [4.69, 9.17) is 4.74 Å². The first-order chi connectivity index (χ1) is 13.6. The number of carboxylic acids is 1. The number of benzene rings is 1. The summed E-state index contributed by atoms with van der Waals surface area (Å²) in [5.41, 5.74) is 0.430. The van der Waals surface area contributed by atoms with Crippen LogP contribution in [0.1, 0.15) is 118 Å². The minimum absolute atomic E-state index is 0. The van der Waals surface area contributed by atoms with Crippen molar-refractivity contribution in [3.63, 3.8) is 0 Å². The zero-order valence-corrected chi connectivity index (χ0v) is 20.5. The van der Waals surface area contributed by atoms with Gasteiger partial charge in [0.05, 0.1) is 18.1 Å². The van der Waals surface area contributed by atoms with Gasteiger partial charge in [0.25, 0.3) is 0 Å². The summed E-state index contributed by atoms with van der Waals surface area (Å²) in [7, 11) is 0. The van der Waals surface area contributed by atoms with E-state index in [0.717, 1.165) is 12.8 Å². The Morgan fingerprint density at radius 1 is 0.690 bits per heavy atom. The molecular formula is C24H37NaO4. The number of ether oxygens (including phenoxy) is 1. The van der Waals surface area contributed by atoms with Crippen molar-refractivity contribution in [2.24, 2.45) is 0 Å². The van der Waals surface area contributed by atoms with Gasteiger partial charge < -0.3 is 14.6 Å². The SMILES string of the molecule is CCCCCCCCCCCCCCCCOC(=O)c1ccc(C(=O)[O-])cc1.[Na+]. The van der Waals surface area contributed by atoms with Crippen LogP contribution in [0.4, 0.5) is 0 Å². The van der Waals surface area contributed by atoms with E-state index in [-0.39, 0.29) is 35.1 Å². The van der Waals surface area contributed by atoms with Crippen molar-refractivity contribution in [2.45, 2.75) is 96.8 Å². The second-order valence-electron chi connectivity index (χ2n) is 7.60. The zero-order valence-electron chi connectivity index (χ0n) is 18.5. The Hall–Kier alpha value is -0.840. The minimum Gasteiger partial charge on any atom is -0.545 e. The maximum Gasteiger partial charge on any atom is 1.00 e. The molecule has 5 heteroatoms. The van der Waals surface area contributed by atoms with Gasteiger partial charge in [0.2, 0.25) is 0 Å². The standard InChI is InChI=1S/C24H38O4.Na/c1-2-3-4-5-6-7-8-9-10-11-12-13-14-15-20-28-24(27)22-18-16-21(17-19-22)23(25)26;/h16-19H,2-15,20H2,1H3,(H,25,26);/q;+1/p-1. The number of carbonyl (C=O) groups is 2. The van der Waals surface area contributed by atoms with E-state index >= 15 is 0 Å². The van der Waals surface area contributed by atoms with E-state index in [9.17, 15) is 14.7 Å². The van der Waals surface area contributed by atoms with E-state index in [1.807, 2.05) is 0 Å². The van der Waals surface area contributed by atoms with Crippen LogP contribution >= 0.6 is 0 Å². The van der Waals surface area contributed by atoms with Gasteiger partial charge in [-0.05, 0) is 24.1 Å². The second kappa shape index (κ2) is 19.1. The molecule has 0 fully saturated rings. The van der Waals surface area contributed by atoms with Crippen LogP contribution in [0.3, 0.4) is 0 Å². The molecule has 0 unspecified atom stereocenters. The van der Waals surface area contributed by atoms with Gasteiger partial charge in [-0.1, -0.05) is 103 Å².